The lowest BCUT2D eigenvalue weighted by Crippen LogP contribution is -2.00. The number of Topliss-reactive ketones (excluding diaryl/α,β-unsaturated/α-hetero) is 1. The maximum absolute atomic E-state index is 12.5. The SMILES string of the molecule is COc1cccc(/C=C2\Oc3cc(O)cc(C)c3C2=O)c1OC. The summed E-state index contributed by atoms with van der Waals surface area (Å²) in [6.07, 6.45) is 1.61. The lowest BCUT2D eigenvalue weighted by Gasteiger charge is -2.10. The van der Waals surface area contributed by atoms with E-state index < -0.39 is 0 Å². The number of ketones is 1. The third-order valence-electron chi connectivity index (χ3n) is 3.67. The molecule has 1 N–H and O–H groups in total. The molecule has 5 heteroatoms. The van der Waals surface area contributed by atoms with Gasteiger partial charge in [0.25, 0.3) is 0 Å². The molecule has 0 fully saturated rings. The van der Waals surface area contributed by atoms with Crippen LogP contribution in [0.2, 0.25) is 0 Å². The molecule has 3 rings (SSSR count). The molecule has 0 radical (unpaired) electrons. The molecule has 0 atom stereocenters. The van der Waals surface area contributed by atoms with Gasteiger partial charge in [0.1, 0.15) is 11.5 Å². The Morgan fingerprint density at radius 3 is 2.65 bits per heavy atom. The summed E-state index contributed by atoms with van der Waals surface area (Å²) in [5.41, 5.74) is 1.81. The highest BCUT2D eigenvalue weighted by Gasteiger charge is 2.30. The van der Waals surface area contributed by atoms with Crippen molar-refractivity contribution in [3.63, 3.8) is 0 Å². The lowest BCUT2D eigenvalue weighted by molar-refractivity contribution is 0.101. The number of phenolic OH excluding ortho intramolecular Hbond substituents is 1. The fourth-order valence-corrected chi connectivity index (χ4v) is 2.66. The Kier molecular flexibility index (Phi) is 3.70. The molecule has 0 saturated heterocycles. The van der Waals surface area contributed by atoms with Crippen molar-refractivity contribution in [3.8, 4) is 23.0 Å². The van der Waals surface area contributed by atoms with Crippen molar-refractivity contribution in [3.05, 3.63) is 52.8 Å². The van der Waals surface area contributed by atoms with E-state index in [4.69, 9.17) is 14.2 Å². The quantitative estimate of drug-likeness (QED) is 0.881. The van der Waals surface area contributed by atoms with Gasteiger partial charge < -0.3 is 19.3 Å². The van der Waals surface area contributed by atoms with Gasteiger partial charge in [-0.2, -0.15) is 0 Å². The summed E-state index contributed by atoms with van der Waals surface area (Å²) in [6, 6.07) is 8.35. The Labute approximate surface area is 133 Å². The molecule has 0 aliphatic carbocycles. The molecule has 5 nitrogen and oxygen atoms in total. The van der Waals surface area contributed by atoms with Gasteiger partial charge in [0, 0.05) is 11.6 Å². The van der Waals surface area contributed by atoms with Crippen LogP contribution < -0.4 is 14.2 Å². The Morgan fingerprint density at radius 1 is 1.17 bits per heavy atom. The second-order valence-electron chi connectivity index (χ2n) is 5.16. The number of benzene rings is 2. The zero-order valence-electron chi connectivity index (χ0n) is 13.0. The first-order valence-corrected chi connectivity index (χ1v) is 7.04. The monoisotopic (exact) mass is 312 g/mol. The summed E-state index contributed by atoms with van der Waals surface area (Å²) in [6.45, 7) is 1.76. The number of ether oxygens (including phenoxy) is 3. The summed E-state index contributed by atoms with van der Waals surface area (Å²) in [5, 5.41) is 9.64. The van der Waals surface area contributed by atoms with Crippen LogP contribution in [0.5, 0.6) is 23.0 Å². The van der Waals surface area contributed by atoms with E-state index >= 15 is 0 Å². The van der Waals surface area contributed by atoms with Crippen molar-refractivity contribution < 1.29 is 24.1 Å². The van der Waals surface area contributed by atoms with Crippen LogP contribution in [0.1, 0.15) is 21.5 Å². The number of fused-ring (bicyclic) bond motifs is 1. The van der Waals surface area contributed by atoms with Gasteiger partial charge in [-0.25, -0.2) is 0 Å². The molecule has 23 heavy (non-hydrogen) atoms. The molecule has 2 aromatic rings. The smallest absolute Gasteiger partial charge is 0.232 e. The molecule has 0 saturated carbocycles. The summed E-state index contributed by atoms with van der Waals surface area (Å²) in [5.74, 6) is 1.48. The first kappa shape index (κ1) is 15.0. The number of carbonyl (C=O) groups is 1. The van der Waals surface area contributed by atoms with Crippen molar-refractivity contribution >= 4 is 11.9 Å². The van der Waals surface area contributed by atoms with Crippen molar-refractivity contribution in [1.29, 1.82) is 0 Å². The van der Waals surface area contributed by atoms with Crippen molar-refractivity contribution in [2.45, 2.75) is 6.92 Å². The number of aromatic hydroxyl groups is 1. The van der Waals surface area contributed by atoms with Crippen molar-refractivity contribution in [2.75, 3.05) is 14.2 Å². The predicted molar refractivity (Wildman–Crippen MR) is 85.3 cm³/mol. The van der Waals surface area contributed by atoms with Crippen molar-refractivity contribution in [1.82, 2.24) is 0 Å². The number of para-hydroxylation sites is 1. The standard InChI is InChI=1S/C18H16O5/c1-10-7-12(19)9-14-16(10)17(20)15(23-14)8-11-5-4-6-13(21-2)18(11)22-3/h4-9,19H,1-3H3/b15-8-. The average molecular weight is 312 g/mol. The predicted octanol–water partition coefficient (Wildman–Crippen LogP) is 3.33. The van der Waals surface area contributed by atoms with Crippen LogP contribution >= 0.6 is 0 Å². The topological polar surface area (TPSA) is 65.0 Å². The second kappa shape index (κ2) is 5.68. The number of methoxy groups -OCH3 is 2. The summed E-state index contributed by atoms with van der Waals surface area (Å²) in [7, 11) is 3.09. The van der Waals surface area contributed by atoms with E-state index in [0.29, 0.717) is 33.9 Å². The number of carbonyl (C=O) groups excluding carboxylic acids is 1. The van der Waals surface area contributed by atoms with Gasteiger partial charge >= 0.3 is 0 Å². The number of phenols is 1. The third-order valence-corrected chi connectivity index (χ3v) is 3.67. The maximum atomic E-state index is 12.5. The molecule has 0 spiro atoms. The van der Waals surface area contributed by atoms with Crippen molar-refractivity contribution in [2.24, 2.45) is 0 Å². The highest BCUT2D eigenvalue weighted by atomic mass is 16.5. The van der Waals surface area contributed by atoms with E-state index in [-0.39, 0.29) is 17.3 Å². The van der Waals surface area contributed by atoms with Gasteiger partial charge in [-0.05, 0) is 30.7 Å². The van der Waals surface area contributed by atoms with Gasteiger partial charge in [0.15, 0.2) is 17.3 Å². The van der Waals surface area contributed by atoms with Crippen LogP contribution in [0.4, 0.5) is 0 Å². The second-order valence-corrected chi connectivity index (χ2v) is 5.16. The molecular weight excluding hydrogens is 296 g/mol. The summed E-state index contributed by atoms with van der Waals surface area (Å²) >= 11 is 0. The van der Waals surface area contributed by atoms with Gasteiger partial charge in [-0.15, -0.1) is 0 Å². The van der Waals surface area contributed by atoms with Crippen LogP contribution in [0, 0.1) is 6.92 Å². The molecular formula is C18H16O5. The molecule has 0 amide bonds. The lowest BCUT2D eigenvalue weighted by atomic mass is 10.0. The number of hydrogen-bond acceptors (Lipinski definition) is 5. The summed E-state index contributed by atoms with van der Waals surface area (Å²) < 4.78 is 16.2. The van der Waals surface area contributed by atoms with Crippen LogP contribution in [0.3, 0.4) is 0 Å². The molecule has 0 aromatic heterocycles. The minimum absolute atomic E-state index is 0.0641. The number of rotatable bonds is 3. The number of aryl methyl sites for hydroxylation is 1. The molecule has 1 aliphatic rings. The van der Waals surface area contributed by atoms with Crippen LogP contribution in [-0.4, -0.2) is 25.1 Å². The van der Waals surface area contributed by atoms with E-state index in [1.165, 1.54) is 19.2 Å². The Hall–Kier alpha value is -2.95. The van der Waals surface area contributed by atoms with Crippen LogP contribution in [-0.2, 0) is 0 Å². The zero-order chi connectivity index (χ0) is 16.6. The zero-order valence-corrected chi connectivity index (χ0v) is 13.0. The number of allylic oxidation sites excluding steroid dienone is 1. The normalized spacial score (nSPS) is 14.6. The van der Waals surface area contributed by atoms with E-state index in [2.05, 4.69) is 0 Å². The maximum Gasteiger partial charge on any atom is 0.232 e. The molecule has 0 unspecified atom stereocenters. The van der Waals surface area contributed by atoms with Gasteiger partial charge in [-0.3, -0.25) is 4.79 Å². The average Bonchev–Trinajstić information content (AvgIpc) is 2.83. The molecule has 1 heterocycles. The fourth-order valence-electron chi connectivity index (χ4n) is 2.66. The molecule has 1 aliphatic heterocycles. The first-order chi connectivity index (χ1) is 11.0. The number of hydrogen-bond donors (Lipinski definition) is 1. The van der Waals surface area contributed by atoms with E-state index in [1.54, 1.807) is 38.3 Å². The van der Waals surface area contributed by atoms with Gasteiger partial charge in [0.05, 0.1) is 19.8 Å². The highest BCUT2D eigenvalue weighted by Crippen LogP contribution is 2.39. The van der Waals surface area contributed by atoms with Gasteiger partial charge in [-0.1, -0.05) is 12.1 Å². The van der Waals surface area contributed by atoms with E-state index in [0.717, 1.165) is 0 Å². The molecule has 118 valence electrons. The van der Waals surface area contributed by atoms with Crippen LogP contribution in [0.15, 0.2) is 36.1 Å². The van der Waals surface area contributed by atoms with E-state index in [1.807, 2.05) is 0 Å². The highest BCUT2D eigenvalue weighted by molar-refractivity contribution is 6.15. The summed E-state index contributed by atoms with van der Waals surface area (Å²) in [4.78, 5) is 12.5. The largest absolute Gasteiger partial charge is 0.508 e. The Morgan fingerprint density at radius 2 is 1.96 bits per heavy atom. The van der Waals surface area contributed by atoms with Crippen LogP contribution in [0.25, 0.3) is 6.08 Å². The molecule has 0 bridgehead atoms. The first-order valence-electron chi connectivity index (χ1n) is 7.04. The molecule has 2 aromatic carbocycles. The Bertz CT molecular complexity index is 820. The fraction of sp³-hybridized carbons (Fsp3) is 0.167. The van der Waals surface area contributed by atoms with E-state index in [9.17, 15) is 9.90 Å². The third kappa shape index (κ3) is 2.50. The van der Waals surface area contributed by atoms with Gasteiger partial charge in [0.2, 0.25) is 5.78 Å². The minimum atomic E-state index is -0.220. The minimum Gasteiger partial charge on any atom is -0.508 e. The Balaban J connectivity index is 2.07.